The van der Waals surface area contributed by atoms with Crippen LogP contribution in [0.5, 0.6) is 0 Å². The maximum absolute atomic E-state index is 11.0. The molecule has 0 radical (unpaired) electrons. The molecule has 0 aliphatic carbocycles. The van der Waals surface area contributed by atoms with E-state index >= 15 is 0 Å². The summed E-state index contributed by atoms with van der Waals surface area (Å²) in [7, 11) is 0. The fourth-order valence-electron chi connectivity index (χ4n) is 1.52. The average Bonchev–Trinajstić information content (AvgIpc) is 2.27. The molecule has 3 nitrogen and oxygen atoms in total. The van der Waals surface area contributed by atoms with Gasteiger partial charge in [-0.25, -0.2) is 0 Å². The number of carboxylic acids is 1. The molecule has 0 amide bonds. The molecule has 1 rings (SSSR count). The molecule has 0 unspecified atom stereocenters. The third kappa shape index (κ3) is 3.72. The number of aliphatic carboxylic acids is 1. The summed E-state index contributed by atoms with van der Waals surface area (Å²) in [5.41, 5.74) is 0.0432. The van der Waals surface area contributed by atoms with E-state index in [1.807, 2.05) is 24.3 Å². The zero-order valence-corrected chi connectivity index (χ0v) is 12.0. The first-order valence-corrected chi connectivity index (χ1v) is 6.27. The van der Waals surface area contributed by atoms with Crippen LogP contribution in [0.2, 0.25) is 5.02 Å². The maximum atomic E-state index is 11.0. The van der Waals surface area contributed by atoms with E-state index in [1.54, 1.807) is 13.8 Å². The monoisotopic (exact) mass is 269 g/mol. The third-order valence-electron chi connectivity index (χ3n) is 3.13. The second-order valence-corrected chi connectivity index (χ2v) is 6.11. The fourth-order valence-corrected chi connectivity index (χ4v) is 1.65. The topological polar surface area (TPSA) is 49.3 Å². The van der Waals surface area contributed by atoms with Crippen LogP contribution in [0.1, 0.15) is 33.3 Å². The molecular formula is C14H20ClNO2. The largest absolute Gasteiger partial charge is 0.480 e. The van der Waals surface area contributed by atoms with Crippen LogP contribution in [0.25, 0.3) is 0 Å². The molecule has 0 spiro atoms. The smallest absolute Gasteiger partial charge is 0.323 e. The van der Waals surface area contributed by atoms with Gasteiger partial charge in [-0.2, -0.15) is 0 Å². The van der Waals surface area contributed by atoms with E-state index in [0.29, 0.717) is 11.6 Å². The number of carbonyl (C=O) groups is 1. The summed E-state index contributed by atoms with van der Waals surface area (Å²) in [5.74, 6) is -0.852. The Balaban J connectivity index is 2.76. The van der Waals surface area contributed by atoms with Crippen molar-refractivity contribution in [3.8, 4) is 0 Å². The number of halogens is 1. The van der Waals surface area contributed by atoms with Gasteiger partial charge in [-0.15, -0.1) is 0 Å². The first-order valence-electron chi connectivity index (χ1n) is 5.90. The van der Waals surface area contributed by atoms with Crippen LogP contribution in [0.15, 0.2) is 24.3 Å². The van der Waals surface area contributed by atoms with Crippen LogP contribution >= 0.6 is 11.6 Å². The average molecular weight is 270 g/mol. The Morgan fingerprint density at radius 2 is 1.72 bits per heavy atom. The van der Waals surface area contributed by atoms with Gasteiger partial charge in [0.25, 0.3) is 0 Å². The maximum Gasteiger partial charge on any atom is 0.323 e. The summed E-state index contributed by atoms with van der Waals surface area (Å²) < 4.78 is 0. The third-order valence-corrected chi connectivity index (χ3v) is 3.38. The SMILES string of the molecule is CC(C)(NCC(C)(C)c1ccc(Cl)cc1)C(=O)O. The second kappa shape index (κ2) is 5.29. The van der Waals surface area contributed by atoms with Gasteiger partial charge < -0.3 is 10.4 Å². The van der Waals surface area contributed by atoms with Gasteiger partial charge in [0, 0.05) is 17.0 Å². The number of nitrogens with one attached hydrogen (secondary N) is 1. The van der Waals surface area contributed by atoms with E-state index < -0.39 is 11.5 Å². The van der Waals surface area contributed by atoms with Gasteiger partial charge in [-0.1, -0.05) is 37.6 Å². The summed E-state index contributed by atoms with van der Waals surface area (Å²) in [6.45, 7) is 8.04. The van der Waals surface area contributed by atoms with Gasteiger partial charge in [-0.05, 0) is 31.5 Å². The molecular weight excluding hydrogens is 250 g/mol. The van der Waals surface area contributed by atoms with Crippen molar-refractivity contribution in [2.45, 2.75) is 38.6 Å². The number of hydrogen-bond donors (Lipinski definition) is 2. The molecule has 1 aromatic rings. The molecule has 0 bridgehead atoms. The minimum absolute atomic E-state index is 0.155. The van der Waals surface area contributed by atoms with Gasteiger partial charge in [0.1, 0.15) is 5.54 Å². The highest BCUT2D eigenvalue weighted by molar-refractivity contribution is 6.30. The number of benzene rings is 1. The summed E-state index contributed by atoms with van der Waals surface area (Å²) in [5, 5.41) is 12.8. The van der Waals surface area contributed by atoms with E-state index in [0.717, 1.165) is 5.56 Å². The molecule has 100 valence electrons. The Hall–Kier alpha value is -1.06. The van der Waals surface area contributed by atoms with Gasteiger partial charge in [-0.3, -0.25) is 4.79 Å². The van der Waals surface area contributed by atoms with Gasteiger partial charge in [0.05, 0.1) is 0 Å². The zero-order chi connectivity index (χ0) is 14.0. The molecule has 4 heteroatoms. The van der Waals surface area contributed by atoms with Crippen molar-refractivity contribution in [2.24, 2.45) is 0 Å². The summed E-state index contributed by atoms with van der Waals surface area (Å²) in [4.78, 5) is 11.0. The van der Waals surface area contributed by atoms with Crippen molar-refractivity contribution in [1.82, 2.24) is 5.32 Å². The quantitative estimate of drug-likeness (QED) is 0.864. The highest BCUT2D eigenvalue weighted by Gasteiger charge is 2.30. The van der Waals surface area contributed by atoms with Crippen molar-refractivity contribution in [1.29, 1.82) is 0 Å². The standard InChI is InChI=1S/C14H20ClNO2/c1-13(2,9-16-14(3,4)12(17)18)10-5-7-11(15)8-6-10/h5-8,16H,9H2,1-4H3,(H,17,18). The lowest BCUT2D eigenvalue weighted by atomic mass is 9.84. The Morgan fingerprint density at radius 3 is 2.17 bits per heavy atom. The lowest BCUT2D eigenvalue weighted by Crippen LogP contribution is -2.50. The molecule has 0 atom stereocenters. The molecule has 0 aliphatic heterocycles. The molecule has 0 heterocycles. The van der Waals surface area contributed by atoms with Crippen LogP contribution in [-0.4, -0.2) is 23.2 Å². The van der Waals surface area contributed by atoms with Crippen LogP contribution in [-0.2, 0) is 10.2 Å². The predicted molar refractivity (Wildman–Crippen MR) is 74.2 cm³/mol. The van der Waals surface area contributed by atoms with Crippen LogP contribution in [0.3, 0.4) is 0 Å². The first-order chi connectivity index (χ1) is 8.15. The molecule has 0 aromatic heterocycles. The highest BCUT2D eigenvalue weighted by atomic mass is 35.5. The summed E-state index contributed by atoms with van der Waals surface area (Å²) in [6.07, 6.45) is 0. The van der Waals surface area contributed by atoms with Gasteiger partial charge in [0.2, 0.25) is 0 Å². The number of carboxylic acid groups (broad SMARTS) is 1. The fraction of sp³-hybridized carbons (Fsp3) is 0.500. The summed E-state index contributed by atoms with van der Waals surface area (Å²) >= 11 is 5.86. The van der Waals surface area contributed by atoms with E-state index in [-0.39, 0.29) is 5.41 Å². The minimum atomic E-state index is -0.927. The molecule has 2 N–H and O–H groups in total. The lowest BCUT2D eigenvalue weighted by Gasteiger charge is -2.30. The van der Waals surface area contributed by atoms with E-state index in [9.17, 15) is 4.79 Å². The van der Waals surface area contributed by atoms with Gasteiger partial charge in [0.15, 0.2) is 0 Å². The normalized spacial score (nSPS) is 12.5. The zero-order valence-electron chi connectivity index (χ0n) is 11.2. The number of hydrogen-bond acceptors (Lipinski definition) is 2. The second-order valence-electron chi connectivity index (χ2n) is 5.67. The van der Waals surface area contributed by atoms with Crippen molar-refractivity contribution in [3.63, 3.8) is 0 Å². The van der Waals surface area contributed by atoms with Crippen molar-refractivity contribution < 1.29 is 9.90 Å². The van der Waals surface area contributed by atoms with Crippen molar-refractivity contribution >= 4 is 17.6 Å². The lowest BCUT2D eigenvalue weighted by molar-refractivity contribution is -0.143. The molecule has 0 aliphatic rings. The van der Waals surface area contributed by atoms with Crippen molar-refractivity contribution in [3.05, 3.63) is 34.9 Å². The highest BCUT2D eigenvalue weighted by Crippen LogP contribution is 2.24. The molecule has 0 fully saturated rings. The van der Waals surface area contributed by atoms with Crippen molar-refractivity contribution in [2.75, 3.05) is 6.54 Å². The summed E-state index contributed by atoms with van der Waals surface area (Å²) in [6, 6.07) is 7.64. The Labute approximate surface area is 113 Å². The van der Waals surface area contributed by atoms with Crippen LogP contribution < -0.4 is 5.32 Å². The molecule has 0 saturated heterocycles. The Morgan fingerprint density at radius 1 is 1.22 bits per heavy atom. The van der Waals surface area contributed by atoms with Gasteiger partial charge >= 0.3 is 5.97 Å². The Bertz CT molecular complexity index is 424. The molecule has 18 heavy (non-hydrogen) atoms. The van der Waals surface area contributed by atoms with Crippen LogP contribution in [0, 0.1) is 0 Å². The first kappa shape index (κ1) is 15.0. The molecule has 1 aromatic carbocycles. The number of rotatable bonds is 5. The molecule has 0 saturated carbocycles. The predicted octanol–water partition coefficient (Wildman–Crippen LogP) is 3.07. The van der Waals surface area contributed by atoms with E-state index in [4.69, 9.17) is 16.7 Å². The van der Waals surface area contributed by atoms with E-state index in [1.165, 1.54) is 0 Å². The van der Waals surface area contributed by atoms with E-state index in [2.05, 4.69) is 19.2 Å². The Kier molecular flexibility index (Phi) is 4.41. The minimum Gasteiger partial charge on any atom is -0.480 e. The van der Waals surface area contributed by atoms with Crippen LogP contribution in [0.4, 0.5) is 0 Å².